The molecule has 1 heteroatoms. The predicted octanol–water partition coefficient (Wildman–Crippen LogP) is 5.45. The Morgan fingerprint density at radius 1 is 0.704 bits per heavy atom. The first-order valence-corrected chi connectivity index (χ1v) is 12.2. The maximum absolute atomic E-state index is 2.53. The van der Waals surface area contributed by atoms with Crippen LogP contribution in [0.25, 0.3) is 5.57 Å². The molecule has 0 aromatic heterocycles. The second-order valence-corrected chi connectivity index (χ2v) is 11.7. The maximum atomic E-state index is 2.53. The van der Waals surface area contributed by atoms with Gasteiger partial charge in [-0.1, -0.05) is 114 Å². The summed E-state index contributed by atoms with van der Waals surface area (Å²) in [5.74, 6) is 0. The highest BCUT2D eigenvalue weighted by Gasteiger charge is 2.38. The van der Waals surface area contributed by atoms with Crippen LogP contribution in [0.15, 0.2) is 96.2 Å². The van der Waals surface area contributed by atoms with Crippen LogP contribution in [0.1, 0.15) is 23.1 Å². The van der Waals surface area contributed by atoms with Crippen LogP contribution in [0.4, 0.5) is 0 Å². The Bertz CT molecular complexity index is 992. The van der Waals surface area contributed by atoms with Crippen LogP contribution in [-0.4, -0.2) is 8.07 Å². The summed E-state index contributed by atoms with van der Waals surface area (Å²) in [6.07, 6.45) is 5.73. The van der Waals surface area contributed by atoms with Crippen molar-refractivity contribution >= 4 is 24.0 Å². The van der Waals surface area contributed by atoms with Crippen LogP contribution in [0, 0.1) is 13.8 Å². The van der Waals surface area contributed by atoms with Gasteiger partial charge in [0.25, 0.3) is 0 Å². The molecule has 1 aliphatic rings. The molecule has 0 nitrogen and oxygen atoms in total. The fourth-order valence-corrected chi connectivity index (χ4v) is 8.63. The zero-order valence-electron chi connectivity index (χ0n) is 16.4. The van der Waals surface area contributed by atoms with Gasteiger partial charge in [-0.3, -0.25) is 0 Å². The van der Waals surface area contributed by atoms with E-state index in [9.17, 15) is 0 Å². The predicted molar refractivity (Wildman–Crippen MR) is 120 cm³/mol. The van der Waals surface area contributed by atoms with Gasteiger partial charge in [0, 0.05) is 0 Å². The van der Waals surface area contributed by atoms with Crippen molar-refractivity contribution in [2.45, 2.75) is 26.8 Å². The lowest BCUT2D eigenvalue weighted by atomic mass is 10.1. The minimum atomic E-state index is -2.06. The van der Waals surface area contributed by atoms with Gasteiger partial charge in [-0.15, -0.1) is 0 Å². The van der Waals surface area contributed by atoms with Crippen LogP contribution < -0.4 is 10.4 Å². The number of benzene rings is 3. The third-order valence-corrected chi connectivity index (χ3v) is 10.4. The molecule has 0 saturated heterocycles. The lowest BCUT2D eigenvalue weighted by Crippen LogP contribution is -2.57. The molecule has 4 rings (SSSR count). The highest BCUT2D eigenvalue weighted by Crippen LogP contribution is 2.34. The Balaban J connectivity index is 2.00. The normalized spacial score (nSPS) is 15.8. The lowest BCUT2D eigenvalue weighted by Gasteiger charge is -2.32. The molecule has 0 radical (unpaired) electrons. The average Bonchev–Trinajstić information content (AvgIpc) is 3.18. The summed E-state index contributed by atoms with van der Waals surface area (Å²) in [5, 5.41) is 4.62. The number of aryl methyl sites for hydroxylation is 2. The molecule has 0 aliphatic heterocycles. The minimum Gasteiger partial charge on any atom is -0.0802 e. The standard InChI is InChI=1S/C26H26Si/c1-20-17-21(2)19-24(18-20)27(3,23-13-8-5-9-14-23)26-16-10-15-25(26)22-11-6-4-7-12-22/h4-15,17-19H,16H2,1-3H3. The van der Waals surface area contributed by atoms with E-state index in [1.165, 1.54) is 32.6 Å². The van der Waals surface area contributed by atoms with Crippen LogP contribution in [0.3, 0.4) is 0 Å². The Morgan fingerprint density at radius 3 is 1.93 bits per heavy atom. The second kappa shape index (κ2) is 7.17. The quantitative estimate of drug-likeness (QED) is 0.539. The molecule has 1 unspecified atom stereocenters. The highest BCUT2D eigenvalue weighted by molar-refractivity contribution is 7.07. The van der Waals surface area contributed by atoms with Gasteiger partial charge in [-0.05, 0) is 41.8 Å². The van der Waals surface area contributed by atoms with Crippen molar-refractivity contribution in [2.75, 3.05) is 0 Å². The van der Waals surface area contributed by atoms with Crippen molar-refractivity contribution in [1.82, 2.24) is 0 Å². The number of hydrogen-bond donors (Lipinski definition) is 0. The van der Waals surface area contributed by atoms with E-state index in [2.05, 4.69) is 111 Å². The van der Waals surface area contributed by atoms with Gasteiger partial charge in [0.05, 0.1) is 0 Å². The molecule has 0 saturated carbocycles. The van der Waals surface area contributed by atoms with Crippen molar-refractivity contribution in [3.63, 3.8) is 0 Å². The zero-order chi connectivity index (χ0) is 18.9. The topological polar surface area (TPSA) is 0 Å². The summed E-state index contributed by atoms with van der Waals surface area (Å²) in [6.45, 7) is 6.97. The lowest BCUT2D eigenvalue weighted by molar-refractivity contribution is 1.36. The molecule has 0 bridgehead atoms. The largest absolute Gasteiger partial charge is 0.142 e. The Labute approximate surface area is 163 Å². The van der Waals surface area contributed by atoms with E-state index in [1.54, 1.807) is 5.20 Å². The highest BCUT2D eigenvalue weighted by atomic mass is 28.3. The van der Waals surface area contributed by atoms with E-state index in [-0.39, 0.29) is 0 Å². The summed E-state index contributed by atoms with van der Waals surface area (Å²) in [5.41, 5.74) is 5.47. The first kappa shape index (κ1) is 17.8. The molecule has 27 heavy (non-hydrogen) atoms. The van der Waals surface area contributed by atoms with Crippen LogP contribution >= 0.6 is 0 Å². The Kier molecular flexibility index (Phi) is 4.71. The number of allylic oxidation sites excluding steroid dienone is 4. The second-order valence-electron chi connectivity index (χ2n) is 7.73. The number of hydrogen-bond acceptors (Lipinski definition) is 0. The SMILES string of the molecule is Cc1cc(C)cc([Si](C)(C2=C(c3ccccc3)C=CC2)c2ccccc2)c1. The maximum Gasteiger partial charge on any atom is 0.142 e. The van der Waals surface area contributed by atoms with E-state index >= 15 is 0 Å². The monoisotopic (exact) mass is 366 g/mol. The van der Waals surface area contributed by atoms with Gasteiger partial charge in [-0.2, -0.15) is 0 Å². The molecule has 3 aromatic rings. The summed E-state index contributed by atoms with van der Waals surface area (Å²) in [7, 11) is -2.06. The van der Waals surface area contributed by atoms with Crippen molar-refractivity contribution in [3.8, 4) is 0 Å². The van der Waals surface area contributed by atoms with Crippen LogP contribution in [0.2, 0.25) is 6.55 Å². The molecule has 0 spiro atoms. The smallest absolute Gasteiger partial charge is 0.0802 e. The molecule has 0 heterocycles. The zero-order valence-corrected chi connectivity index (χ0v) is 17.4. The van der Waals surface area contributed by atoms with Gasteiger partial charge in [0.15, 0.2) is 0 Å². The van der Waals surface area contributed by atoms with E-state index < -0.39 is 8.07 Å². The Morgan fingerprint density at radius 2 is 1.30 bits per heavy atom. The summed E-state index contributed by atoms with van der Waals surface area (Å²) in [4.78, 5) is 0. The van der Waals surface area contributed by atoms with E-state index in [0.717, 1.165) is 6.42 Å². The summed E-state index contributed by atoms with van der Waals surface area (Å²) < 4.78 is 0. The average molecular weight is 367 g/mol. The van der Waals surface area contributed by atoms with E-state index in [4.69, 9.17) is 0 Å². The fourth-order valence-electron chi connectivity index (χ4n) is 4.42. The van der Waals surface area contributed by atoms with Gasteiger partial charge in [0.2, 0.25) is 0 Å². The number of rotatable bonds is 4. The van der Waals surface area contributed by atoms with Gasteiger partial charge in [0.1, 0.15) is 8.07 Å². The Hall–Kier alpha value is -2.64. The molecule has 0 fully saturated rings. The van der Waals surface area contributed by atoms with Crippen molar-refractivity contribution in [1.29, 1.82) is 0 Å². The van der Waals surface area contributed by atoms with Crippen molar-refractivity contribution < 1.29 is 0 Å². The molecule has 0 N–H and O–H groups in total. The minimum absolute atomic E-state index is 1.05. The fraction of sp³-hybridized carbons (Fsp3) is 0.154. The van der Waals surface area contributed by atoms with Crippen molar-refractivity contribution in [2.24, 2.45) is 0 Å². The van der Waals surface area contributed by atoms with Crippen molar-refractivity contribution in [3.05, 3.63) is 113 Å². The molecule has 3 aromatic carbocycles. The summed E-state index contributed by atoms with van der Waals surface area (Å²) >= 11 is 0. The molecular weight excluding hydrogens is 340 g/mol. The molecule has 1 atom stereocenters. The van der Waals surface area contributed by atoms with E-state index in [1.807, 2.05) is 0 Å². The summed E-state index contributed by atoms with van der Waals surface area (Å²) in [6, 6.07) is 29.1. The van der Waals surface area contributed by atoms with E-state index in [0.29, 0.717) is 0 Å². The first-order valence-electron chi connectivity index (χ1n) is 9.69. The molecule has 134 valence electrons. The molecule has 1 aliphatic carbocycles. The molecule has 0 amide bonds. The van der Waals surface area contributed by atoms with Crippen LogP contribution in [0.5, 0.6) is 0 Å². The van der Waals surface area contributed by atoms with Gasteiger partial charge >= 0.3 is 0 Å². The third-order valence-electron chi connectivity index (χ3n) is 5.77. The van der Waals surface area contributed by atoms with Gasteiger partial charge in [-0.25, -0.2) is 0 Å². The third kappa shape index (κ3) is 3.24. The van der Waals surface area contributed by atoms with Crippen LogP contribution in [-0.2, 0) is 0 Å². The molecular formula is C26H26Si. The van der Waals surface area contributed by atoms with Gasteiger partial charge < -0.3 is 0 Å². The first-order chi connectivity index (χ1) is 13.1.